The molecule has 0 radical (unpaired) electrons. The molecule has 138 valence electrons. The number of alkyl halides is 1. The first-order valence-corrected chi connectivity index (χ1v) is 9.22. The molecule has 0 spiro atoms. The number of halogens is 1. The fourth-order valence-electron chi connectivity index (χ4n) is 3.11. The van der Waals surface area contributed by atoms with Crippen LogP contribution in [0.2, 0.25) is 0 Å². The number of aliphatic hydroxyl groups is 1. The molecule has 1 fully saturated rings. The Labute approximate surface area is 163 Å². The molecular weight excluding hydrogens is 416 g/mol. The van der Waals surface area contributed by atoms with Crippen molar-refractivity contribution >= 4 is 39.1 Å². The largest absolute Gasteiger partial charge is 0.507 e. The van der Waals surface area contributed by atoms with Crippen LogP contribution in [0.3, 0.4) is 0 Å². The van der Waals surface area contributed by atoms with Crippen LogP contribution in [0, 0.1) is 10.1 Å². The van der Waals surface area contributed by atoms with Gasteiger partial charge in [-0.2, -0.15) is 0 Å². The summed E-state index contributed by atoms with van der Waals surface area (Å²) < 4.78 is 0. The summed E-state index contributed by atoms with van der Waals surface area (Å²) in [4.78, 5) is 37.1. The highest BCUT2D eigenvalue weighted by atomic mass is 79.9. The Morgan fingerprint density at radius 3 is 2.48 bits per heavy atom. The van der Waals surface area contributed by atoms with E-state index in [1.165, 1.54) is 23.1 Å². The van der Waals surface area contributed by atoms with Crippen LogP contribution in [-0.2, 0) is 9.59 Å². The number of hydrogen-bond acceptors (Lipinski definition) is 5. The van der Waals surface area contributed by atoms with Gasteiger partial charge in [0, 0.05) is 29.6 Å². The first-order valence-electron chi connectivity index (χ1n) is 8.10. The first kappa shape index (κ1) is 18.8. The number of carbonyl (C=O) groups excluding carboxylic acids is 2. The van der Waals surface area contributed by atoms with E-state index in [2.05, 4.69) is 15.9 Å². The van der Waals surface area contributed by atoms with Crippen LogP contribution in [0.15, 0.2) is 60.2 Å². The van der Waals surface area contributed by atoms with Gasteiger partial charge >= 0.3 is 0 Å². The van der Waals surface area contributed by atoms with Crippen LogP contribution in [0.1, 0.15) is 17.2 Å². The van der Waals surface area contributed by atoms with Gasteiger partial charge in [0.25, 0.3) is 17.4 Å². The van der Waals surface area contributed by atoms with Crippen molar-refractivity contribution in [3.8, 4) is 0 Å². The van der Waals surface area contributed by atoms with Crippen LogP contribution in [0.4, 0.5) is 5.69 Å². The predicted octanol–water partition coefficient (Wildman–Crippen LogP) is 3.41. The summed E-state index contributed by atoms with van der Waals surface area (Å²) in [6, 6.07) is 13.2. The highest BCUT2D eigenvalue weighted by molar-refractivity contribution is 9.09. The van der Waals surface area contributed by atoms with E-state index in [0.29, 0.717) is 16.5 Å². The van der Waals surface area contributed by atoms with Crippen LogP contribution in [-0.4, -0.2) is 38.5 Å². The Bertz CT molecular complexity index is 942. The number of nitro groups is 1. The Morgan fingerprint density at radius 1 is 1.15 bits per heavy atom. The molecule has 1 saturated heterocycles. The maximum atomic E-state index is 12.6. The number of amides is 1. The van der Waals surface area contributed by atoms with Crippen LogP contribution < -0.4 is 0 Å². The predicted molar refractivity (Wildman–Crippen MR) is 102 cm³/mol. The van der Waals surface area contributed by atoms with Crippen molar-refractivity contribution < 1.29 is 19.6 Å². The molecule has 1 atom stereocenters. The average molecular weight is 431 g/mol. The second-order valence-corrected chi connectivity index (χ2v) is 6.69. The fraction of sp³-hybridized carbons (Fsp3) is 0.158. The number of rotatable bonds is 5. The minimum absolute atomic E-state index is 0.0763. The molecule has 1 amide bonds. The van der Waals surface area contributed by atoms with E-state index in [-0.39, 0.29) is 23.6 Å². The fourth-order valence-corrected chi connectivity index (χ4v) is 3.49. The smallest absolute Gasteiger partial charge is 0.295 e. The number of ketones is 1. The minimum atomic E-state index is -0.900. The molecule has 0 aliphatic carbocycles. The molecule has 1 aliphatic rings. The zero-order chi connectivity index (χ0) is 19.6. The van der Waals surface area contributed by atoms with E-state index in [1.807, 2.05) is 0 Å². The van der Waals surface area contributed by atoms with Gasteiger partial charge in [0.05, 0.1) is 16.5 Å². The zero-order valence-corrected chi connectivity index (χ0v) is 15.6. The van der Waals surface area contributed by atoms with Crippen molar-refractivity contribution in [1.29, 1.82) is 0 Å². The molecule has 0 bridgehead atoms. The van der Waals surface area contributed by atoms with Crippen molar-refractivity contribution in [2.45, 2.75) is 6.04 Å². The van der Waals surface area contributed by atoms with E-state index < -0.39 is 22.7 Å². The number of benzene rings is 2. The molecule has 1 heterocycles. The first-order chi connectivity index (χ1) is 13.0. The number of non-ortho nitro benzene ring substituents is 1. The number of likely N-dealkylation sites (tertiary alicyclic amines) is 1. The zero-order valence-electron chi connectivity index (χ0n) is 14.0. The van der Waals surface area contributed by atoms with Gasteiger partial charge in [0.2, 0.25) is 0 Å². The SMILES string of the molecule is O=C1C(=O)N(CCBr)[C@@H](c2cccc([N+](=O)[O-])c2)C1=C(O)c1ccccc1. The quantitative estimate of drug-likeness (QED) is 0.195. The Morgan fingerprint density at radius 2 is 1.85 bits per heavy atom. The monoisotopic (exact) mass is 430 g/mol. The summed E-state index contributed by atoms with van der Waals surface area (Å²) in [7, 11) is 0. The maximum absolute atomic E-state index is 12.6. The number of Topliss-reactive ketones (excluding diaryl/α,β-unsaturated/α-hetero) is 1. The summed E-state index contributed by atoms with van der Waals surface area (Å²) in [6.45, 7) is 0.212. The van der Waals surface area contributed by atoms with E-state index >= 15 is 0 Å². The third-order valence-corrected chi connectivity index (χ3v) is 4.66. The summed E-state index contributed by atoms with van der Waals surface area (Å²) in [6.07, 6.45) is 0. The van der Waals surface area contributed by atoms with E-state index in [0.717, 1.165) is 0 Å². The van der Waals surface area contributed by atoms with Crippen molar-refractivity contribution in [3.05, 3.63) is 81.4 Å². The molecule has 0 unspecified atom stereocenters. The molecule has 27 heavy (non-hydrogen) atoms. The van der Waals surface area contributed by atoms with Gasteiger partial charge in [-0.25, -0.2) is 0 Å². The lowest BCUT2D eigenvalue weighted by molar-refractivity contribution is -0.384. The summed E-state index contributed by atoms with van der Waals surface area (Å²) in [5.74, 6) is -1.86. The molecule has 2 aromatic carbocycles. The second-order valence-electron chi connectivity index (χ2n) is 5.90. The summed E-state index contributed by atoms with van der Waals surface area (Å²) in [5.41, 5.74) is 0.552. The van der Waals surface area contributed by atoms with Gasteiger partial charge in [-0.1, -0.05) is 58.4 Å². The Kier molecular flexibility index (Phi) is 5.36. The van der Waals surface area contributed by atoms with E-state index in [4.69, 9.17) is 0 Å². The van der Waals surface area contributed by atoms with E-state index in [1.54, 1.807) is 36.4 Å². The molecule has 0 aromatic heterocycles. The molecule has 0 saturated carbocycles. The van der Waals surface area contributed by atoms with Crippen LogP contribution in [0.5, 0.6) is 0 Å². The summed E-state index contributed by atoms with van der Waals surface area (Å²) >= 11 is 3.25. The number of nitrogens with zero attached hydrogens (tertiary/aromatic N) is 2. The molecule has 8 heteroatoms. The third kappa shape index (κ3) is 3.48. The third-order valence-electron chi connectivity index (χ3n) is 4.31. The van der Waals surface area contributed by atoms with Gasteiger partial charge in [0.1, 0.15) is 5.76 Å². The van der Waals surface area contributed by atoms with Gasteiger partial charge in [-0.05, 0) is 5.56 Å². The number of carbonyl (C=O) groups is 2. The van der Waals surface area contributed by atoms with Crippen molar-refractivity contribution in [2.24, 2.45) is 0 Å². The number of hydrogen-bond donors (Lipinski definition) is 1. The minimum Gasteiger partial charge on any atom is -0.507 e. The second kappa shape index (κ2) is 7.71. The van der Waals surface area contributed by atoms with Crippen molar-refractivity contribution in [3.63, 3.8) is 0 Å². The van der Waals surface area contributed by atoms with Crippen molar-refractivity contribution in [1.82, 2.24) is 4.90 Å². The standard InChI is InChI=1S/C19H15BrN2O5/c20-9-10-21-16(13-7-4-8-14(11-13)22(26)27)15(18(24)19(21)25)17(23)12-5-2-1-3-6-12/h1-8,11,16,23H,9-10H2/t16-/m0/s1. The maximum Gasteiger partial charge on any atom is 0.295 e. The molecule has 1 N–H and O–H groups in total. The molecular formula is C19H15BrN2O5. The average Bonchev–Trinajstić information content (AvgIpc) is 2.93. The number of nitro benzene ring substituents is 1. The van der Waals surface area contributed by atoms with Crippen molar-refractivity contribution in [2.75, 3.05) is 11.9 Å². The van der Waals surface area contributed by atoms with Gasteiger partial charge in [-0.15, -0.1) is 0 Å². The molecule has 1 aliphatic heterocycles. The summed E-state index contributed by atoms with van der Waals surface area (Å²) in [5, 5.41) is 22.3. The topological polar surface area (TPSA) is 101 Å². The lowest BCUT2D eigenvalue weighted by atomic mass is 9.95. The molecule has 7 nitrogen and oxygen atoms in total. The van der Waals surface area contributed by atoms with Gasteiger partial charge < -0.3 is 10.0 Å². The highest BCUT2D eigenvalue weighted by Crippen LogP contribution is 2.40. The van der Waals surface area contributed by atoms with E-state index in [9.17, 15) is 24.8 Å². The normalized spacial score (nSPS) is 18.7. The number of aliphatic hydroxyl groups excluding tert-OH is 1. The lowest BCUT2D eigenvalue weighted by Gasteiger charge is -2.24. The lowest BCUT2D eigenvalue weighted by Crippen LogP contribution is -2.31. The van der Waals surface area contributed by atoms with Gasteiger partial charge in [-0.3, -0.25) is 19.7 Å². The molecule has 3 rings (SSSR count). The Balaban J connectivity index is 2.21. The highest BCUT2D eigenvalue weighted by Gasteiger charge is 2.46. The molecule has 2 aromatic rings. The van der Waals surface area contributed by atoms with Crippen LogP contribution in [0.25, 0.3) is 5.76 Å². The Hall–Kier alpha value is -3.00. The van der Waals surface area contributed by atoms with Crippen LogP contribution >= 0.6 is 15.9 Å². The van der Waals surface area contributed by atoms with Gasteiger partial charge in [0.15, 0.2) is 0 Å².